The second kappa shape index (κ2) is 4.56. The van der Waals surface area contributed by atoms with Gasteiger partial charge in [-0.15, -0.1) is 0 Å². The molecule has 0 aromatic carbocycles. The van der Waals surface area contributed by atoms with Crippen LogP contribution in [0.25, 0.3) is 0 Å². The Bertz CT molecular complexity index is 303. The first kappa shape index (κ1) is 11.9. The van der Waals surface area contributed by atoms with Crippen LogP contribution in [0.3, 0.4) is 0 Å². The number of allylic oxidation sites excluding steroid dienone is 2. The van der Waals surface area contributed by atoms with Crippen molar-refractivity contribution in [1.29, 1.82) is 0 Å². The van der Waals surface area contributed by atoms with E-state index in [-0.39, 0.29) is 5.41 Å². The van der Waals surface area contributed by atoms with Gasteiger partial charge in [-0.05, 0) is 47.5 Å². The highest BCUT2D eigenvalue weighted by Crippen LogP contribution is 2.32. The van der Waals surface area contributed by atoms with Crippen molar-refractivity contribution in [2.45, 2.75) is 40.2 Å². The van der Waals surface area contributed by atoms with Crippen LogP contribution in [-0.4, -0.2) is 6.04 Å². The smallest absolute Gasteiger partial charge is 0.0509 e. The van der Waals surface area contributed by atoms with Crippen LogP contribution in [0.4, 0.5) is 0 Å². The highest BCUT2D eigenvalue weighted by molar-refractivity contribution is 5.42. The summed E-state index contributed by atoms with van der Waals surface area (Å²) in [5, 5.41) is 3.35. The summed E-state index contributed by atoms with van der Waals surface area (Å²) in [6, 6.07) is 0.440. The second-order valence-corrected chi connectivity index (χ2v) is 4.94. The van der Waals surface area contributed by atoms with Crippen LogP contribution in [0, 0.1) is 5.41 Å². The van der Waals surface area contributed by atoms with Crippen LogP contribution in [0.2, 0.25) is 0 Å². The van der Waals surface area contributed by atoms with Crippen molar-refractivity contribution in [2.24, 2.45) is 11.1 Å². The zero-order valence-corrected chi connectivity index (χ0v) is 10.2. The van der Waals surface area contributed by atoms with Crippen molar-refractivity contribution >= 4 is 0 Å². The van der Waals surface area contributed by atoms with Crippen LogP contribution in [0.5, 0.6) is 0 Å². The Kier molecular flexibility index (Phi) is 3.61. The van der Waals surface area contributed by atoms with Crippen molar-refractivity contribution < 1.29 is 0 Å². The molecule has 0 amide bonds. The topological polar surface area (TPSA) is 38.0 Å². The summed E-state index contributed by atoms with van der Waals surface area (Å²) < 4.78 is 0. The lowest BCUT2D eigenvalue weighted by atomic mass is 9.81. The van der Waals surface area contributed by atoms with Crippen LogP contribution < -0.4 is 11.1 Å². The van der Waals surface area contributed by atoms with Crippen LogP contribution in [0.15, 0.2) is 35.7 Å². The lowest BCUT2D eigenvalue weighted by Gasteiger charge is -2.25. The molecule has 1 unspecified atom stereocenters. The molecular weight excluding hydrogens is 184 g/mol. The van der Waals surface area contributed by atoms with Crippen molar-refractivity contribution in [3.05, 3.63) is 35.7 Å². The first-order valence-electron chi connectivity index (χ1n) is 5.56. The van der Waals surface area contributed by atoms with Gasteiger partial charge < -0.3 is 11.1 Å². The molecule has 3 N–H and O–H groups in total. The van der Waals surface area contributed by atoms with Crippen molar-refractivity contribution in [1.82, 2.24) is 5.32 Å². The van der Waals surface area contributed by atoms with E-state index in [0.29, 0.717) is 6.04 Å². The van der Waals surface area contributed by atoms with Crippen LogP contribution >= 0.6 is 0 Å². The van der Waals surface area contributed by atoms with Gasteiger partial charge in [0.15, 0.2) is 0 Å². The Morgan fingerprint density at radius 2 is 2.20 bits per heavy atom. The summed E-state index contributed by atoms with van der Waals surface area (Å²) in [6.07, 6.45) is 8.94. The molecule has 0 saturated heterocycles. The van der Waals surface area contributed by atoms with E-state index in [1.807, 2.05) is 12.3 Å². The van der Waals surface area contributed by atoms with Crippen molar-refractivity contribution in [3.8, 4) is 0 Å². The van der Waals surface area contributed by atoms with Gasteiger partial charge in [-0.2, -0.15) is 0 Å². The molecule has 2 nitrogen and oxygen atoms in total. The fourth-order valence-electron chi connectivity index (χ4n) is 1.95. The minimum absolute atomic E-state index is 0.134. The lowest BCUT2D eigenvalue weighted by Crippen LogP contribution is -2.23. The molecule has 0 fully saturated rings. The number of hydrogen-bond acceptors (Lipinski definition) is 2. The zero-order valence-electron chi connectivity index (χ0n) is 10.2. The van der Waals surface area contributed by atoms with E-state index in [4.69, 9.17) is 5.73 Å². The summed E-state index contributed by atoms with van der Waals surface area (Å²) in [7, 11) is 0. The first-order chi connectivity index (χ1) is 7.00. The van der Waals surface area contributed by atoms with E-state index >= 15 is 0 Å². The van der Waals surface area contributed by atoms with E-state index in [9.17, 15) is 0 Å². The molecule has 1 aliphatic rings. The van der Waals surface area contributed by atoms with Gasteiger partial charge in [-0.1, -0.05) is 27.7 Å². The molecule has 0 bridgehead atoms. The quantitative estimate of drug-likeness (QED) is 0.729. The summed E-state index contributed by atoms with van der Waals surface area (Å²) in [6.45, 7) is 8.84. The number of rotatable bonds is 2. The molecule has 2 heteroatoms. The molecule has 1 atom stereocenters. The largest absolute Gasteiger partial charge is 0.405 e. The summed E-state index contributed by atoms with van der Waals surface area (Å²) in [4.78, 5) is 0. The Morgan fingerprint density at radius 1 is 1.53 bits per heavy atom. The maximum atomic E-state index is 5.52. The highest BCUT2D eigenvalue weighted by Gasteiger charge is 2.23. The molecule has 0 spiro atoms. The highest BCUT2D eigenvalue weighted by atomic mass is 14.9. The molecule has 1 rings (SSSR count). The van der Waals surface area contributed by atoms with Crippen molar-refractivity contribution in [2.75, 3.05) is 0 Å². The van der Waals surface area contributed by atoms with Gasteiger partial charge in [0.05, 0.1) is 6.04 Å². The molecule has 84 valence electrons. The van der Waals surface area contributed by atoms with E-state index in [0.717, 1.165) is 6.42 Å². The fraction of sp³-hybridized carbons (Fsp3) is 0.538. The third kappa shape index (κ3) is 2.65. The van der Waals surface area contributed by atoms with Gasteiger partial charge >= 0.3 is 0 Å². The molecule has 0 aromatic rings. The van der Waals surface area contributed by atoms with Gasteiger partial charge in [0.25, 0.3) is 0 Å². The van der Waals surface area contributed by atoms with Crippen LogP contribution in [0.1, 0.15) is 34.1 Å². The monoisotopic (exact) mass is 206 g/mol. The maximum Gasteiger partial charge on any atom is 0.0509 e. The van der Waals surface area contributed by atoms with Gasteiger partial charge in [0, 0.05) is 0 Å². The predicted molar refractivity (Wildman–Crippen MR) is 66.2 cm³/mol. The van der Waals surface area contributed by atoms with E-state index in [2.05, 4.69) is 39.1 Å². The zero-order chi connectivity index (χ0) is 11.5. The van der Waals surface area contributed by atoms with E-state index in [1.165, 1.54) is 11.1 Å². The van der Waals surface area contributed by atoms with E-state index in [1.54, 1.807) is 6.20 Å². The lowest BCUT2D eigenvalue weighted by molar-refractivity contribution is 0.505. The third-order valence-electron chi connectivity index (χ3n) is 2.73. The molecule has 0 aliphatic carbocycles. The molecular formula is C13H22N2. The molecule has 0 saturated carbocycles. The number of nitrogens with two attached hydrogens (primary N) is 1. The molecule has 0 aromatic heterocycles. The van der Waals surface area contributed by atoms with Crippen LogP contribution in [-0.2, 0) is 0 Å². The van der Waals surface area contributed by atoms with Gasteiger partial charge in [-0.25, -0.2) is 0 Å². The molecule has 0 radical (unpaired) electrons. The van der Waals surface area contributed by atoms with Gasteiger partial charge in [0.2, 0.25) is 0 Å². The Balaban J connectivity index is 3.15. The molecule has 15 heavy (non-hydrogen) atoms. The minimum Gasteiger partial charge on any atom is -0.405 e. The average molecular weight is 206 g/mol. The number of hydrogen-bond donors (Lipinski definition) is 2. The summed E-state index contributed by atoms with van der Waals surface area (Å²) >= 11 is 0. The number of nitrogens with one attached hydrogen (secondary N) is 1. The predicted octanol–water partition coefficient (Wildman–Crippen LogP) is 2.70. The normalized spacial score (nSPS) is 24.7. The van der Waals surface area contributed by atoms with Gasteiger partial charge in [0.1, 0.15) is 0 Å². The first-order valence-corrected chi connectivity index (χ1v) is 5.56. The Morgan fingerprint density at radius 3 is 2.67 bits per heavy atom. The second-order valence-electron chi connectivity index (χ2n) is 4.94. The molecule has 1 aliphatic heterocycles. The Labute approximate surface area is 92.9 Å². The SMILES string of the molecule is CCC1NC=C/C1=C(/C=C\N)C(C)(C)C. The summed E-state index contributed by atoms with van der Waals surface area (Å²) in [5.41, 5.74) is 8.34. The standard InChI is InChI=1S/C13H22N2/c1-5-12-10(7-9-15-12)11(6-8-14)13(2,3)4/h6-9,12,15H,5,14H2,1-4H3/b8-6-,11-10+. The Hall–Kier alpha value is -1.18. The van der Waals surface area contributed by atoms with E-state index < -0.39 is 0 Å². The molecule has 1 heterocycles. The van der Waals surface area contributed by atoms with Crippen molar-refractivity contribution in [3.63, 3.8) is 0 Å². The minimum atomic E-state index is 0.134. The average Bonchev–Trinajstić information content (AvgIpc) is 2.59. The fourth-order valence-corrected chi connectivity index (χ4v) is 1.95. The van der Waals surface area contributed by atoms with Gasteiger partial charge in [-0.3, -0.25) is 0 Å². The summed E-state index contributed by atoms with van der Waals surface area (Å²) in [5.74, 6) is 0. The third-order valence-corrected chi connectivity index (χ3v) is 2.73. The maximum absolute atomic E-state index is 5.52.